The first-order chi connectivity index (χ1) is 15.9. The van der Waals surface area contributed by atoms with Gasteiger partial charge in [-0.3, -0.25) is 9.59 Å². The highest BCUT2D eigenvalue weighted by Crippen LogP contribution is 2.33. The van der Waals surface area contributed by atoms with Crippen molar-refractivity contribution in [1.29, 1.82) is 0 Å². The Morgan fingerprint density at radius 2 is 1.94 bits per heavy atom. The maximum Gasteiger partial charge on any atom is 0.350 e. The van der Waals surface area contributed by atoms with Gasteiger partial charge in [-0.05, 0) is 31.2 Å². The van der Waals surface area contributed by atoms with Gasteiger partial charge in [-0.15, -0.1) is 11.3 Å². The summed E-state index contributed by atoms with van der Waals surface area (Å²) in [5.41, 5.74) is 1.85. The molecule has 0 aliphatic carbocycles. The van der Waals surface area contributed by atoms with E-state index in [1.807, 2.05) is 12.1 Å². The lowest BCUT2D eigenvalue weighted by Crippen LogP contribution is -2.51. The second-order valence-electron chi connectivity index (χ2n) is 7.21. The number of hydrogen-bond acceptors (Lipinski definition) is 7. The predicted octanol–water partition coefficient (Wildman–Crippen LogP) is 3.47. The lowest BCUT2D eigenvalue weighted by molar-refractivity contribution is -0.128. The molecule has 0 bridgehead atoms. The molecule has 10 heteroatoms. The van der Waals surface area contributed by atoms with Crippen molar-refractivity contribution >= 4 is 46.4 Å². The third-order valence-electron chi connectivity index (χ3n) is 5.01. The number of nitrogens with zero attached hydrogens (tertiary/aromatic N) is 2. The summed E-state index contributed by atoms with van der Waals surface area (Å²) in [6, 6.07) is 14.0. The summed E-state index contributed by atoms with van der Waals surface area (Å²) in [7, 11) is 1.50. The molecule has 33 heavy (non-hydrogen) atoms. The molecule has 0 fully saturated rings. The highest BCUT2D eigenvalue weighted by molar-refractivity contribution is 7.17. The molecule has 1 unspecified atom stereocenters. The molecule has 1 aliphatic rings. The van der Waals surface area contributed by atoms with E-state index in [-0.39, 0.29) is 12.5 Å². The SMILES string of the molecule is CNC(=O)C1CN(C(=O)COC(=O)c2sc(-c3ccc(Cl)cc3)nc2C)c2ccccc2O1. The molecule has 1 aliphatic heterocycles. The monoisotopic (exact) mass is 485 g/mol. The van der Waals surface area contributed by atoms with Gasteiger partial charge in [0, 0.05) is 17.6 Å². The number of carbonyl (C=O) groups excluding carboxylic acids is 3. The summed E-state index contributed by atoms with van der Waals surface area (Å²) < 4.78 is 11.0. The first-order valence-corrected chi connectivity index (χ1v) is 11.2. The second kappa shape index (κ2) is 9.60. The zero-order valence-electron chi connectivity index (χ0n) is 17.8. The minimum atomic E-state index is -0.866. The van der Waals surface area contributed by atoms with Gasteiger partial charge >= 0.3 is 5.97 Å². The summed E-state index contributed by atoms with van der Waals surface area (Å²) in [6.07, 6.45) is -0.866. The highest BCUT2D eigenvalue weighted by Gasteiger charge is 2.33. The molecule has 2 heterocycles. The zero-order chi connectivity index (χ0) is 23.5. The average Bonchev–Trinajstić information content (AvgIpc) is 3.23. The number of rotatable bonds is 5. The van der Waals surface area contributed by atoms with Crippen LogP contribution >= 0.6 is 22.9 Å². The molecule has 8 nitrogen and oxygen atoms in total. The number of aryl methyl sites for hydroxylation is 1. The molecule has 3 aromatic rings. The van der Waals surface area contributed by atoms with Crippen molar-refractivity contribution in [2.45, 2.75) is 13.0 Å². The molecule has 4 rings (SSSR count). The van der Waals surface area contributed by atoms with Crippen molar-refractivity contribution in [2.24, 2.45) is 0 Å². The number of thiazole rings is 1. The molecular formula is C23H20ClN3O5S. The topological polar surface area (TPSA) is 97.8 Å². The molecule has 0 saturated carbocycles. The van der Waals surface area contributed by atoms with Gasteiger partial charge in [0.25, 0.3) is 11.8 Å². The van der Waals surface area contributed by atoms with Crippen LogP contribution in [0.4, 0.5) is 5.69 Å². The summed E-state index contributed by atoms with van der Waals surface area (Å²) in [6.45, 7) is 1.23. The van der Waals surface area contributed by atoms with Crippen LogP contribution in [0.25, 0.3) is 10.6 Å². The van der Waals surface area contributed by atoms with Crippen molar-refractivity contribution in [3.05, 3.63) is 64.1 Å². The number of carbonyl (C=O) groups is 3. The molecule has 1 N–H and O–H groups in total. The normalized spacial score (nSPS) is 14.8. The van der Waals surface area contributed by atoms with Gasteiger partial charge in [0.05, 0.1) is 17.9 Å². The van der Waals surface area contributed by atoms with Gasteiger partial charge in [0.1, 0.15) is 15.6 Å². The Balaban J connectivity index is 1.47. The van der Waals surface area contributed by atoms with E-state index in [2.05, 4.69) is 10.3 Å². The van der Waals surface area contributed by atoms with Crippen LogP contribution in [0.3, 0.4) is 0 Å². The molecule has 170 valence electrons. The number of amides is 2. The third-order valence-corrected chi connectivity index (χ3v) is 6.45. The Morgan fingerprint density at radius 3 is 2.67 bits per heavy atom. The number of aromatic nitrogens is 1. The number of esters is 1. The number of hydrogen-bond donors (Lipinski definition) is 1. The van der Waals surface area contributed by atoms with E-state index in [1.54, 1.807) is 43.3 Å². The summed E-state index contributed by atoms with van der Waals surface area (Å²) in [4.78, 5) is 43.9. The van der Waals surface area contributed by atoms with Crippen LogP contribution in [0.15, 0.2) is 48.5 Å². The van der Waals surface area contributed by atoms with Crippen molar-refractivity contribution < 1.29 is 23.9 Å². The van der Waals surface area contributed by atoms with E-state index in [9.17, 15) is 14.4 Å². The Labute approximate surface area is 199 Å². The summed E-state index contributed by atoms with van der Waals surface area (Å²) in [5.74, 6) is -1.05. The predicted molar refractivity (Wildman–Crippen MR) is 125 cm³/mol. The summed E-state index contributed by atoms with van der Waals surface area (Å²) >= 11 is 7.11. The Morgan fingerprint density at radius 1 is 1.21 bits per heavy atom. The van der Waals surface area contributed by atoms with Gasteiger partial charge < -0.3 is 19.7 Å². The standard InChI is InChI=1S/C23H20ClN3O5S/c1-13-20(33-22(26-13)14-7-9-15(24)10-8-14)23(30)31-12-19(28)27-11-18(21(29)25-2)32-17-6-4-3-5-16(17)27/h3-10,18H,11-12H2,1-2H3,(H,25,29). The number of anilines is 1. The van der Waals surface area contributed by atoms with Crippen molar-refractivity contribution in [2.75, 3.05) is 25.1 Å². The van der Waals surface area contributed by atoms with Gasteiger partial charge in [0.15, 0.2) is 12.7 Å². The number of para-hydroxylation sites is 2. The number of benzene rings is 2. The van der Waals surface area contributed by atoms with E-state index in [4.69, 9.17) is 21.1 Å². The van der Waals surface area contributed by atoms with Crippen LogP contribution in [0.1, 0.15) is 15.4 Å². The summed E-state index contributed by atoms with van der Waals surface area (Å²) in [5, 5.41) is 3.78. The van der Waals surface area contributed by atoms with Gasteiger partial charge in [0.2, 0.25) is 0 Å². The van der Waals surface area contributed by atoms with E-state index < -0.39 is 24.6 Å². The molecular weight excluding hydrogens is 466 g/mol. The van der Waals surface area contributed by atoms with Crippen LogP contribution in [0, 0.1) is 6.92 Å². The molecule has 2 amide bonds. The van der Waals surface area contributed by atoms with Crippen molar-refractivity contribution in [1.82, 2.24) is 10.3 Å². The lowest BCUT2D eigenvalue weighted by atomic mass is 10.1. The van der Waals surface area contributed by atoms with Crippen LogP contribution in [-0.2, 0) is 14.3 Å². The fourth-order valence-corrected chi connectivity index (χ4v) is 4.43. The maximum atomic E-state index is 12.9. The van der Waals surface area contributed by atoms with Crippen molar-refractivity contribution in [3.8, 4) is 16.3 Å². The zero-order valence-corrected chi connectivity index (χ0v) is 19.4. The first kappa shape index (κ1) is 22.8. The van der Waals surface area contributed by atoms with E-state index in [0.29, 0.717) is 32.0 Å². The number of fused-ring (bicyclic) bond motifs is 1. The minimum absolute atomic E-state index is 0.00731. The van der Waals surface area contributed by atoms with E-state index >= 15 is 0 Å². The first-order valence-electron chi connectivity index (χ1n) is 10.1. The minimum Gasteiger partial charge on any atom is -0.477 e. The van der Waals surface area contributed by atoms with E-state index in [1.165, 1.54) is 23.3 Å². The second-order valence-corrected chi connectivity index (χ2v) is 8.64. The molecule has 2 aromatic carbocycles. The third kappa shape index (κ3) is 4.84. The van der Waals surface area contributed by atoms with Crippen LogP contribution in [0.2, 0.25) is 5.02 Å². The average molecular weight is 486 g/mol. The van der Waals surface area contributed by atoms with E-state index in [0.717, 1.165) is 5.56 Å². The van der Waals surface area contributed by atoms with Crippen LogP contribution in [0.5, 0.6) is 5.75 Å². The van der Waals surface area contributed by atoms with Crippen LogP contribution in [-0.4, -0.2) is 49.1 Å². The smallest absolute Gasteiger partial charge is 0.350 e. The van der Waals surface area contributed by atoms with Gasteiger partial charge in [-0.2, -0.15) is 0 Å². The fourth-order valence-electron chi connectivity index (χ4n) is 3.34. The van der Waals surface area contributed by atoms with Gasteiger partial charge in [-0.1, -0.05) is 35.9 Å². The molecule has 1 atom stereocenters. The lowest BCUT2D eigenvalue weighted by Gasteiger charge is -2.33. The maximum absolute atomic E-state index is 12.9. The molecule has 1 aromatic heterocycles. The Bertz CT molecular complexity index is 1210. The molecule has 0 radical (unpaired) electrons. The fraction of sp³-hybridized carbons (Fsp3) is 0.217. The largest absolute Gasteiger partial charge is 0.477 e. The molecule has 0 spiro atoms. The van der Waals surface area contributed by atoms with Gasteiger partial charge in [-0.25, -0.2) is 9.78 Å². The van der Waals surface area contributed by atoms with Crippen molar-refractivity contribution in [3.63, 3.8) is 0 Å². The highest BCUT2D eigenvalue weighted by atomic mass is 35.5. The number of ether oxygens (including phenoxy) is 2. The number of likely N-dealkylation sites (N-methyl/N-ethyl adjacent to an activating group) is 1. The Kier molecular flexibility index (Phi) is 6.62. The Hall–Kier alpha value is -3.43. The number of halogens is 1. The number of nitrogens with one attached hydrogen (secondary N) is 1. The van der Waals surface area contributed by atoms with Crippen LogP contribution < -0.4 is 15.0 Å². The molecule has 0 saturated heterocycles. The quantitative estimate of drug-likeness (QED) is 0.556.